The van der Waals surface area contributed by atoms with E-state index in [4.69, 9.17) is 5.11 Å². The lowest BCUT2D eigenvalue weighted by Gasteiger charge is -2.20. The summed E-state index contributed by atoms with van der Waals surface area (Å²) in [5.74, 6) is -0.835. The summed E-state index contributed by atoms with van der Waals surface area (Å²) in [6.45, 7) is 9.74. The fraction of sp³-hybridized carbons (Fsp3) is 0.400. The van der Waals surface area contributed by atoms with Gasteiger partial charge in [0.2, 0.25) is 0 Å². The fourth-order valence-corrected chi connectivity index (χ4v) is 2.40. The van der Waals surface area contributed by atoms with Crippen LogP contribution in [0.4, 0.5) is 4.39 Å². The SMILES string of the molecule is C=C(/C(=C/CO)C(O)CC/C(C)=C/c1ccc(O)c(F)c1)C(C)C. The number of aromatic hydroxyl groups is 1. The van der Waals surface area contributed by atoms with E-state index >= 15 is 0 Å². The predicted octanol–water partition coefficient (Wildman–Crippen LogP) is 4.21. The number of allylic oxidation sites excluding steroid dienone is 1. The Morgan fingerprint density at radius 3 is 2.54 bits per heavy atom. The quantitative estimate of drug-likeness (QED) is 0.624. The third-order valence-electron chi connectivity index (χ3n) is 3.93. The predicted molar refractivity (Wildman–Crippen MR) is 96.1 cm³/mol. The molecule has 3 N–H and O–H groups in total. The largest absolute Gasteiger partial charge is 0.505 e. The first-order chi connectivity index (χ1) is 11.3. The Balaban J connectivity index is 2.75. The molecule has 0 bridgehead atoms. The number of benzene rings is 1. The van der Waals surface area contributed by atoms with Gasteiger partial charge in [0.25, 0.3) is 0 Å². The number of rotatable bonds is 8. The summed E-state index contributed by atoms with van der Waals surface area (Å²) in [4.78, 5) is 0. The first kappa shape index (κ1) is 20.1. The van der Waals surface area contributed by atoms with Gasteiger partial charge in [0, 0.05) is 0 Å². The minimum Gasteiger partial charge on any atom is -0.505 e. The van der Waals surface area contributed by atoms with Gasteiger partial charge in [0.05, 0.1) is 12.7 Å². The maximum atomic E-state index is 13.3. The number of aliphatic hydroxyl groups is 2. The number of hydrogen-bond donors (Lipinski definition) is 3. The number of aliphatic hydroxyl groups excluding tert-OH is 2. The van der Waals surface area contributed by atoms with E-state index < -0.39 is 11.9 Å². The van der Waals surface area contributed by atoms with Crippen molar-refractivity contribution in [1.29, 1.82) is 0 Å². The standard InChI is InChI=1S/C20H27FO3/c1-13(2)15(4)17(9-10-22)19(23)7-5-14(3)11-16-6-8-20(24)18(21)12-16/h6,8-9,11-13,19,22-24H,4-5,7,10H2,1-3H3/b14-11+,17-9-. The highest BCUT2D eigenvalue weighted by atomic mass is 19.1. The molecular weight excluding hydrogens is 307 g/mol. The summed E-state index contributed by atoms with van der Waals surface area (Å²) in [7, 11) is 0. The second-order valence-electron chi connectivity index (χ2n) is 6.28. The number of phenols is 1. The minimum atomic E-state index is -0.702. The molecule has 4 heteroatoms. The second kappa shape index (κ2) is 9.40. The molecule has 3 nitrogen and oxygen atoms in total. The van der Waals surface area contributed by atoms with Crippen LogP contribution >= 0.6 is 0 Å². The molecule has 1 rings (SSSR count). The molecule has 0 saturated carbocycles. The summed E-state index contributed by atoms with van der Waals surface area (Å²) in [5.41, 5.74) is 3.14. The minimum absolute atomic E-state index is 0.139. The van der Waals surface area contributed by atoms with Crippen LogP contribution < -0.4 is 0 Å². The zero-order valence-electron chi connectivity index (χ0n) is 14.6. The van der Waals surface area contributed by atoms with Crippen molar-refractivity contribution in [3.05, 3.63) is 59.0 Å². The van der Waals surface area contributed by atoms with Crippen LogP contribution in [0.3, 0.4) is 0 Å². The molecule has 0 heterocycles. The molecule has 0 aromatic heterocycles. The maximum Gasteiger partial charge on any atom is 0.165 e. The fourth-order valence-electron chi connectivity index (χ4n) is 2.40. The summed E-state index contributed by atoms with van der Waals surface area (Å²) in [6.07, 6.45) is 3.83. The molecular formula is C20H27FO3. The molecule has 0 aliphatic rings. The average Bonchev–Trinajstić information content (AvgIpc) is 2.53. The highest BCUT2D eigenvalue weighted by molar-refractivity contribution is 5.53. The summed E-state index contributed by atoms with van der Waals surface area (Å²) >= 11 is 0. The van der Waals surface area contributed by atoms with Crippen molar-refractivity contribution in [3.8, 4) is 5.75 Å². The van der Waals surface area contributed by atoms with E-state index in [2.05, 4.69) is 6.58 Å². The van der Waals surface area contributed by atoms with Gasteiger partial charge in [-0.2, -0.15) is 0 Å². The van der Waals surface area contributed by atoms with Crippen molar-refractivity contribution in [2.75, 3.05) is 6.61 Å². The number of halogens is 1. The van der Waals surface area contributed by atoms with E-state index in [0.717, 1.165) is 11.1 Å². The molecule has 0 fully saturated rings. The van der Waals surface area contributed by atoms with Crippen LogP contribution in [-0.2, 0) is 0 Å². The molecule has 0 saturated heterocycles. The lowest BCUT2D eigenvalue weighted by atomic mass is 9.90. The van der Waals surface area contributed by atoms with Crippen LogP contribution in [0.1, 0.15) is 39.2 Å². The van der Waals surface area contributed by atoms with Crippen LogP contribution in [0, 0.1) is 11.7 Å². The van der Waals surface area contributed by atoms with Gasteiger partial charge in [-0.3, -0.25) is 0 Å². The lowest BCUT2D eigenvalue weighted by molar-refractivity contribution is 0.199. The van der Waals surface area contributed by atoms with E-state index in [1.54, 1.807) is 12.1 Å². The van der Waals surface area contributed by atoms with Gasteiger partial charge in [0.15, 0.2) is 11.6 Å². The normalized spacial score (nSPS) is 14.1. The van der Waals surface area contributed by atoms with Gasteiger partial charge >= 0.3 is 0 Å². The van der Waals surface area contributed by atoms with E-state index in [0.29, 0.717) is 24.0 Å². The first-order valence-corrected chi connectivity index (χ1v) is 8.10. The van der Waals surface area contributed by atoms with Crippen molar-refractivity contribution in [1.82, 2.24) is 0 Å². The lowest BCUT2D eigenvalue weighted by Crippen LogP contribution is -2.15. The van der Waals surface area contributed by atoms with Crippen molar-refractivity contribution in [3.63, 3.8) is 0 Å². The van der Waals surface area contributed by atoms with Crippen LogP contribution in [-0.4, -0.2) is 28.0 Å². The summed E-state index contributed by atoms with van der Waals surface area (Å²) in [6, 6.07) is 4.22. The highest BCUT2D eigenvalue weighted by Crippen LogP contribution is 2.25. The zero-order valence-corrected chi connectivity index (χ0v) is 14.6. The molecule has 1 aromatic carbocycles. The smallest absolute Gasteiger partial charge is 0.165 e. The van der Waals surface area contributed by atoms with Crippen molar-refractivity contribution in [2.24, 2.45) is 5.92 Å². The number of hydrogen-bond acceptors (Lipinski definition) is 3. The van der Waals surface area contributed by atoms with Crippen molar-refractivity contribution < 1.29 is 19.7 Å². The Morgan fingerprint density at radius 2 is 2.00 bits per heavy atom. The van der Waals surface area contributed by atoms with Gasteiger partial charge in [-0.05, 0) is 54.5 Å². The molecule has 0 spiro atoms. The Hall–Kier alpha value is -1.91. The molecule has 0 radical (unpaired) electrons. The van der Waals surface area contributed by atoms with Crippen molar-refractivity contribution >= 4 is 6.08 Å². The van der Waals surface area contributed by atoms with Gasteiger partial charge in [-0.25, -0.2) is 4.39 Å². The average molecular weight is 334 g/mol. The molecule has 132 valence electrons. The molecule has 0 aliphatic heterocycles. The molecule has 1 aromatic rings. The van der Waals surface area contributed by atoms with Crippen LogP contribution in [0.25, 0.3) is 6.08 Å². The second-order valence-corrected chi connectivity index (χ2v) is 6.28. The van der Waals surface area contributed by atoms with E-state index in [-0.39, 0.29) is 18.3 Å². The van der Waals surface area contributed by atoms with E-state index in [1.807, 2.05) is 26.8 Å². The van der Waals surface area contributed by atoms with E-state index in [9.17, 15) is 14.6 Å². The third kappa shape index (κ3) is 5.95. The van der Waals surface area contributed by atoms with Gasteiger partial charge < -0.3 is 15.3 Å². The molecule has 0 amide bonds. The Bertz CT molecular complexity index is 630. The summed E-state index contributed by atoms with van der Waals surface area (Å²) in [5, 5.41) is 28.7. The van der Waals surface area contributed by atoms with Crippen LogP contribution in [0.5, 0.6) is 5.75 Å². The first-order valence-electron chi connectivity index (χ1n) is 8.10. The molecule has 1 atom stereocenters. The molecule has 24 heavy (non-hydrogen) atoms. The molecule has 1 unspecified atom stereocenters. The van der Waals surface area contributed by atoms with Crippen LogP contribution in [0.2, 0.25) is 0 Å². The third-order valence-corrected chi connectivity index (χ3v) is 3.93. The topological polar surface area (TPSA) is 60.7 Å². The Kier molecular flexibility index (Phi) is 7.89. The zero-order chi connectivity index (χ0) is 18.3. The summed E-state index contributed by atoms with van der Waals surface area (Å²) < 4.78 is 13.3. The monoisotopic (exact) mass is 334 g/mol. The van der Waals surface area contributed by atoms with Crippen LogP contribution in [0.15, 0.2) is 47.6 Å². The maximum absolute atomic E-state index is 13.3. The molecule has 0 aliphatic carbocycles. The number of phenolic OH excluding ortho intramolecular Hbond substituents is 1. The van der Waals surface area contributed by atoms with Crippen molar-refractivity contribution in [2.45, 2.75) is 39.7 Å². The van der Waals surface area contributed by atoms with Gasteiger partial charge in [0.1, 0.15) is 0 Å². The van der Waals surface area contributed by atoms with Gasteiger partial charge in [-0.1, -0.05) is 44.2 Å². The Morgan fingerprint density at radius 1 is 1.33 bits per heavy atom. The van der Waals surface area contributed by atoms with E-state index in [1.165, 1.54) is 12.1 Å². The highest BCUT2D eigenvalue weighted by Gasteiger charge is 2.16. The van der Waals surface area contributed by atoms with Gasteiger partial charge in [-0.15, -0.1) is 0 Å². The Labute approximate surface area is 143 Å².